The lowest BCUT2D eigenvalue weighted by atomic mass is 9.88. The minimum atomic E-state index is -0.287. The highest BCUT2D eigenvalue weighted by Crippen LogP contribution is 2.27. The van der Waals surface area contributed by atoms with Crippen molar-refractivity contribution in [3.63, 3.8) is 0 Å². The fourth-order valence-electron chi connectivity index (χ4n) is 6.09. The highest BCUT2D eigenvalue weighted by molar-refractivity contribution is 6.09. The summed E-state index contributed by atoms with van der Waals surface area (Å²) < 4.78 is 0. The van der Waals surface area contributed by atoms with Crippen molar-refractivity contribution in [3.05, 3.63) is 102 Å². The Hall–Kier alpha value is -4.23. The number of rotatable bonds is 6. The van der Waals surface area contributed by atoms with Crippen LogP contribution in [0.25, 0.3) is 10.9 Å². The highest BCUT2D eigenvalue weighted by atomic mass is 16.2. The molecule has 2 heterocycles. The molecule has 1 aromatic heterocycles. The van der Waals surface area contributed by atoms with E-state index in [0.717, 1.165) is 56.3 Å². The molecule has 0 spiro atoms. The van der Waals surface area contributed by atoms with Gasteiger partial charge in [0.2, 0.25) is 0 Å². The average molecular weight is 534 g/mol. The van der Waals surface area contributed by atoms with Crippen LogP contribution in [0.1, 0.15) is 46.4 Å². The number of piperazine rings is 1. The molecule has 1 aliphatic carbocycles. The molecule has 2 atom stereocenters. The van der Waals surface area contributed by atoms with Gasteiger partial charge in [-0.15, -0.1) is 0 Å². The van der Waals surface area contributed by atoms with Crippen molar-refractivity contribution >= 4 is 34.1 Å². The summed E-state index contributed by atoms with van der Waals surface area (Å²) in [5.74, 6) is -0.433. The van der Waals surface area contributed by atoms with E-state index in [0.29, 0.717) is 22.9 Å². The van der Waals surface area contributed by atoms with Crippen molar-refractivity contribution in [1.29, 1.82) is 0 Å². The van der Waals surface area contributed by atoms with Crippen molar-refractivity contribution in [1.82, 2.24) is 15.2 Å². The number of nitrogens with zero attached hydrogens (tertiary/aromatic N) is 3. The van der Waals surface area contributed by atoms with Crippen LogP contribution in [0.15, 0.2) is 91.1 Å². The molecule has 1 saturated heterocycles. The van der Waals surface area contributed by atoms with Crippen LogP contribution in [0.3, 0.4) is 0 Å². The van der Waals surface area contributed by atoms with Crippen LogP contribution in [0.2, 0.25) is 0 Å². The number of fused-ring (bicyclic) bond motifs is 1. The molecule has 7 heteroatoms. The van der Waals surface area contributed by atoms with E-state index in [4.69, 9.17) is 0 Å². The van der Waals surface area contributed by atoms with Gasteiger partial charge in [-0.05, 0) is 49.2 Å². The third kappa shape index (κ3) is 5.70. The minimum Gasteiger partial charge on any atom is -0.369 e. The minimum absolute atomic E-state index is 0.0815. The first kappa shape index (κ1) is 26.0. The summed E-state index contributed by atoms with van der Waals surface area (Å²) in [4.78, 5) is 36.1. The zero-order chi connectivity index (χ0) is 27.3. The summed E-state index contributed by atoms with van der Waals surface area (Å²) in [5.41, 5.74) is 3.54. The first-order valence-electron chi connectivity index (χ1n) is 14.3. The standard InChI is InChI=1S/C33H35N5O2/c39-32(25-22-24-10-4-6-14-28(24)34-23-25)35-29-15-7-5-13-27(29)33(40)36-30-16-8-9-17-31(30)38-20-18-37(19-21-38)26-11-2-1-3-12-26/h1-7,10-15,22-23,30-31H,8-9,16-21H2,(H,35,39)(H,36,40)/t30-,31+/m1/s1. The Balaban J connectivity index is 1.12. The molecule has 40 heavy (non-hydrogen) atoms. The van der Waals surface area contributed by atoms with Gasteiger partial charge in [-0.3, -0.25) is 19.5 Å². The number of para-hydroxylation sites is 3. The van der Waals surface area contributed by atoms with Crippen LogP contribution in [0, 0.1) is 0 Å². The topological polar surface area (TPSA) is 77.6 Å². The number of aromatic nitrogens is 1. The first-order valence-corrected chi connectivity index (χ1v) is 14.3. The fourth-order valence-corrected chi connectivity index (χ4v) is 6.09. The second kappa shape index (κ2) is 11.9. The SMILES string of the molecule is O=C(Nc1ccccc1C(=O)N[C@@H]1CCCC[C@@H]1N1CCN(c2ccccc2)CC1)c1cnc2ccccc2c1. The van der Waals surface area contributed by atoms with Crippen LogP contribution in [0.5, 0.6) is 0 Å². The molecule has 204 valence electrons. The normalized spacial score (nSPS) is 19.8. The van der Waals surface area contributed by atoms with Crippen molar-refractivity contribution in [2.75, 3.05) is 36.4 Å². The van der Waals surface area contributed by atoms with E-state index < -0.39 is 0 Å². The molecule has 1 aliphatic heterocycles. The number of carbonyl (C=O) groups excluding carboxylic acids is 2. The Labute approximate surface area is 235 Å². The summed E-state index contributed by atoms with van der Waals surface area (Å²) >= 11 is 0. The van der Waals surface area contributed by atoms with E-state index in [1.807, 2.05) is 42.5 Å². The third-order valence-corrected chi connectivity index (χ3v) is 8.22. The van der Waals surface area contributed by atoms with E-state index in [1.54, 1.807) is 18.3 Å². The molecule has 2 N–H and O–H groups in total. The Morgan fingerprint density at radius 2 is 1.50 bits per heavy atom. The Morgan fingerprint density at radius 1 is 0.775 bits per heavy atom. The predicted octanol–water partition coefficient (Wildman–Crippen LogP) is 5.35. The summed E-state index contributed by atoms with van der Waals surface area (Å²) in [6, 6.07) is 27.7. The summed E-state index contributed by atoms with van der Waals surface area (Å²) in [5, 5.41) is 7.19. The van der Waals surface area contributed by atoms with Gasteiger partial charge in [-0.2, -0.15) is 0 Å². The number of hydrogen-bond donors (Lipinski definition) is 2. The number of anilines is 2. The molecule has 0 radical (unpaired) electrons. The largest absolute Gasteiger partial charge is 0.369 e. The molecule has 3 aromatic carbocycles. The van der Waals surface area contributed by atoms with E-state index in [9.17, 15) is 9.59 Å². The van der Waals surface area contributed by atoms with Crippen LogP contribution in [0.4, 0.5) is 11.4 Å². The molecular formula is C33H35N5O2. The molecule has 2 amide bonds. The van der Waals surface area contributed by atoms with Gasteiger partial charge >= 0.3 is 0 Å². The third-order valence-electron chi connectivity index (χ3n) is 8.22. The van der Waals surface area contributed by atoms with E-state index >= 15 is 0 Å². The monoisotopic (exact) mass is 533 g/mol. The molecule has 6 rings (SSSR count). The zero-order valence-corrected chi connectivity index (χ0v) is 22.6. The molecule has 4 aromatic rings. The van der Waals surface area contributed by atoms with E-state index in [1.165, 1.54) is 12.1 Å². The van der Waals surface area contributed by atoms with Gasteiger partial charge in [0.1, 0.15) is 0 Å². The van der Waals surface area contributed by atoms with Crippen molar-refractivity contribution in [3.8, 4) is 0 Å². The Kier molecular flexibility index (Phi) is 7.73. The zero-order valence-electron chi connectivity index (χ0n) is 22.6. The molecule has 2 fully saturated rings. The maximum Gasteiger partial charge on any atom is 0.257 e. The van der Waals surface area contributed by atoms with Gasteiger partial charge in [-0.25, -0.2) is 0 Å². The fraction of sp³-hybridized carbons (Fsp3) is 0.303. The second-order valence-corrected chi connectivity index (χ2v) is 10.7. The number of amides is 2. The summed E-state index contributed by atoms with van der Waals surface area (Å²) in [6.45, 7) is 3.94. The molecular weight excluding hydrogens is 498 g/mol. The second-order valence-electron chi connectivity index (χ2n) is 10.7. The molecule has 0 unspecified atom stereocenters. The van der Waals surface area contributed by atoms with Crippen LogP contribution < -0.4 is 15.5 Å². The van der Waals surface area contributed by atoms with Gasteiger partial charge in [0.15, 0.2) is 0 Å². The number of hydrogen-bond acceptors (Lipinski definition) is 5. The Morgan fingerprint density at radius 3 is 2.35 bits per heavy atom. The summed E-state index contributed by atoms with van der Waals surface area (Å²) in [6.07, 6.45) is 5.92. The number of pyridine rings is 1. The maximum atomic E-state index is 13.6. The summed E-state index contributed by atoms with van der Waals surface area (Å²) in [7, 11) is 0. The predicted molar refractivity (Wildman–Crippen MR) is 160 cm³/mol. The first-order chi connectivity index (χ1) is 19.7. The number of carbonyl (C=O) groups is 2. The molecule has 7 nitrogen and oxygen atoms in total. The van der Waals surface area contributed by atoms with Gasteiger partial charge in [-0.1, -0.05) is 61.4 Å². The van der Waals surface area contributed by atoms with Gasteiger partial charge < -0.3 is 15.5 Å². The lowest BCUT2D eigenvalue weighted by Crippen LogP contribution is -2.58. The number of nitrogens with one attached hydrogen (secondary N) is 2. The number of benzene rings is 3. The van der Waals surface area contributed by atoms with Crippen LogP contribution >= 0.6 is 0 Å². The van der Waals surface area contributed by atoms with Crippen molar-refractivity contribution in [2.45, 2.75) is 37.8 Å². The van der Waals surface area contributed by atoms with Gasteiger partial charge in [0.25, 0.3) is 11.8 Å². The van der Waals surface area contributed by atoms with Gasteiger partial charge in [0.05, 0.1) is 22.3 Å². The highest BCUT2D eigenvalue weighted by Gasteiger charge is 2.33. The van der Waals surface area contributed by atoms with Gasteiger partial charge in [0, 0.05) is 55.5 Å². The maximum absolute atomic E-state index is 13.6. The molecule has 2 aliphatic rings. The van der Waals surface area contributed by atoms with E-state index in [-0.39, 0.29) is 17.9 Å². The van der Waals surface area contributed by atoms with Crippen molar-refractivity contribution < 1.29 is 9.59 Å². The quantitative estimate of drug-likeness (QED) is 0.349. The molecule has 0 bridgehead atoms. The average Bonchev–Trinajstić information content (AvgIpc) is 3.02. The van der Waals surface area contributed by atoms with E-state index in [2.05, 4.69) is 55.7 Å². The van der Waals surface area contributed by atoms with Crippen LogP contribution in [-0.4, -0.2) is 60.0 Å². The lowest BCUT2D eigenvalue weighted by molar-refractivity contribution is 0.0818. The van der Waals surface area contributed by atoms with Crippen LogP contribution in [-0.2, 0) is 0 Å². The van der Waals surface area contributed by atoms with Crippen molar-refractivity contribution in [2.24, 2.45) is 0 Å². The smallest absolute Gasteiger partial charge is 0.257 e. The Bertz CT molecular complexity index is 1480. The lowest BCUT2D eigenvalue weighted by Gasteiger charge is -2.45. The molecule has 1 saturated carbocycles.